The summed E-state index contributed by atoms with van der Waals surface area (Å²) in [5.74, 6) is 1.16. The van der Waals surface area contributed by atoms with E-state index in [-0.39, 0.29) is 0 Å². The van der Waals surface area contributed by atoms with Gasteiger partial charge in [-0.15, -0.1) is 0 Å². The second-order valence-electron chi connectivity index (χ2n) is 5.52. The summed E-state index contributed by atoms with van der Waals surface area (Å²) < 4.78 is 2.31. The molecule has 1 aromatic carbocycles. The minimum Gasteiger partial charge on any atom is -0.335 e. The van der Waals surface area contributed by atoms with Gasteiger partial charge in [0.15, 0.2) is 0 Å². The Labute approximate surface area is 122 Å². The third kappa shape index (κ3) is 4.52. The Morgan fingerprint density at radius 1 is 1.00 bits per heavy atom. The Balaban J connectivity index is 1.80. The Morgan fingerprint density at radius 3 is 2.55 bits per heavy atom. The molecule has 0 saturated carbocycles. The van der Waals surface area contributed by atoms with Crippen molar-refractivity contribution in [3.8, 4) is 0 Å². The van der Waals surface area contributed by atoms with E-state index in [1.54, 1.807) is 0 Å². The summed E-state index contributed by atoms with van der Waals surface area (Å²) >= 11 is 0. The van der Waals surface area contributed by atoms with Gasteiger partial charge in [-0.2, -0.15) is 0 Å². The standard InChI is InChI=1S/C18H26N2/c1-3-4-8-14-20-15-18(19-16(20)2)13-9-12-17-10-6-5-7-11-17/h5-7,10-11,15H,3-4,8-9,12-14H2,1-2H3. The molecule has 0 fully saturated rings. The minimum absolute atomic E-state index is 1.08. The van der Waals surface area contributed by atoms with E-state index in [1.165, 1.54) is 36.9 Å². The van der Waals surface area contributed by atoms with Crippen LogP contribution in [0.4, 0.5) is 0 Å². The van der Waals surface area contributed by atoms with E-state index in [1.807, 2.05) is 0 Å². The zero-order valence-corrected chi connectivity index (χ0v) is 12.8. The Hall–Kier alpha value is -1.57. The number of aromatic nitrogens is 2. The van der Waals surface area contributed by atoms with E-state index in [9.17, 15) is 0 Å². The van der Waals surface area contributed by atoms with Crippen molar-refractivity contribution in [1.29, 1.82) is 0 Å². The number of rotatable bonds is 8. The topological polar surface area (TPSA) is 17.8 Å². The fraction of sp³-hybridized carbons (Fsp3) is 0.500. The first-order valence-electron chi connectivity index (χ1n) is 7.86. The summed E-state index contributed by atoms with van der Waals surface area (Å²) in [5.41, 5.74) is 2.67. The molecule has 0 aliphatic carbocycles. The summed E-state index contributed by atoms with van der Waals surface area (Å²) in [5, 5.41) is 0. The summed E-state index contributed by atoms with van der Waals surface area (Å²) in [6.45, 7) is 5.48. The van der Waals surface area contributed by atoms with Crippen molar-refractivity contribution in [2.24, 2.45) is 0 Å². The second kappa shape index (κ2) is 7.88. The van der Waals surface area contributed by atoms with E-state index >= 15 is 0 Å². The van der Waals surface area contributed by atoms with Crippen LogP contribution in [0.25, 0.3) is 0 Å². The molecular weight excluding hydrogens is 244 g/mol. The summed E-state index contributed by atoms with van der Waals surface area (Å²) in [4.78, 5) is 4.68. The average Bonchev–Trinajstić information content (AvgIpc) is 2.81. The molecule has 0 aliphatic rings. The molecule has 0 spiro atoms. The number of benzene rings is 1. The van der Waals surface area contributed by atoms with E-state index in [0.29, 0.717) is 0 Å². The van der Waals surface area contributed by atoms with Crippen LogP contribution in [0.2, 0.25) is 0 Å². The van der Waals surface area contributed by atoms with Crippen molar-refractivity contribution in [3.63, 3.8) is 0 Å². The van der Waals surface area contributed by atoms with Crippen LogP contribution in [0.3, 0.4) is 0 Å². The predicted octanol–water partition coefficient (Wildman–Crippen LogP) is 4.56. The monoisotopic (exact) mass is 270 g/mol. The van der Waals surface area contributed by atoms with Crippen LogP contribution in [-0.4, -0.2) is 9.55 Å². The molecule has 0 saturated heterocycles. The SMILES string of the molecule is CCCCCn1cc(CCCc2ccccc2)nc1C. The fourth-order valence-electron chi connectivity index (χ4n) is 2.57. The molecule has 0 aliphatic heterocycles. The third-order valence-corrected chi connectivity index (χ3v) is 3.77. The van der Waals surface area contributed by atoms with Gasteiger partial charge in [0.2, 0.25) is 0 Å². The fourth-order valence-corrected chi connectivity index (χ4v) is 2.57. The first-order chi connectivity index (χ1) is 9.79. The molecule has 0 radical (unpaired) electrons. The summed E-state index contributed by atoms with van der Waals surface area (Å²) in [6, 6.07) is 10.7. The Bertz CT molecular complexity index is 499. The van der Waals surface area contributed by atoms with Crippen LogP contribution in [0.5, 0.6) is 0 Å². The first-order valence-corrected chi connectivity index (χ1v) is 7.86. The van der Waals surface area contributed by atoms with Crippen molar-refractivity contribution < 1.29 is 0 Å². The van der Waals surface area contributed by atoms with Crippen LogP contribution in [0.15, 0.2) is 36.5 Å². The molecule has 0 unspecified atom stereocenters. The normalized spacial score (nSPS) is 10.9. The van der Waals surface area contributed by atoms with Crippen LogP contribution >= 0.6 is 0 Å². The van der Waals surface area contributed by atoms with E-state index in [4.69, 9.17) is 0 Å². The molecule has 2 heteroatoms. The van der Waals surface area contributed by atoms with Gasteiger partial charge in [0.05, 0.1) is 5.69 Å². The number of hydrogen-bond acceptors (Lipinski definition) is 1. The third-order valence-electron chi connectivity index (χ3n) is 3.77. The molecule has 0 N–H and O–H groups in total. The van der Waals surface area contributed by atoms with Crippen LogP contribution < -0.4 is 0 Å². The second-order valence-corrected chi connectivity index (χ2v) is 5.52. The lowest BCUT2D eigenvalue weighted by Gasteiger charge is -2.02. The quantitative estimate of drug-likeness (QED) is 0.643. The largest absolute Gasteiger partial charge is 0.335 e. The molecule has 0 atom stereocenters. The molecule has 108 valence electrons. The van der Waals surface area contributed by atoms with Crippen molar-refractivity contribution in [2.75, 3.05) is 0 Å². The van der Waals surface area contributed by atoms with Gasteiger partial charge in [-0.3, -0.25) is 0 Å². The molecule has 2 rings (SSSR count). The van der Waals surface area contributed by atoms with Gasteiger partial charge in [0, 0.05) is 12.7 Å². The van der Waals surface area contributed by atoms with Crippen molar-refractivity contribution in [1.82, 2.24) is 9.55 Å². The smallest absolute Gasteiger partial charge is 0.105 e. The number of aryl methyl sites for hydroxylation is 4. The molecule has 2 nitrogen and oxygen atoms in total. The van der Waals surface area contributed by atoms with Crippen molar-refractivity contribution in [3.05, 3.63) is 53.6 Å². The molecule has 1 aromatic heterocycles. The zero-order chi connectivity index (χ0) is 14.2. The minimum atomic E-state index is 1.08. The highest BCUT2D eigenvalue weighted by molar-refractivity contribution is 5.15. The number of nitrogens with zero attached hydrogens (tertiary/aromatic N) is 2. The maximum atomic E-state index is 4.68. The maximum Gasteiger partial charge on any atom is 0.105 e. The Kier molecular flexibility index (Phi) is 5.85. The van der Waals surface area contributed by atoms with Gasteiger partial charge in [0.1, 0.15) is 5.82 Å². The van der Waals surface area contributed by atoms with Crippen LogP contribution in [0, 0.1) is 6.92 Å². The van der Waals surface area contributed by atoms with Crippen LogP contribution in [-0.2, 0) is 19.4 Å². The van der Waals surface area contributed by atoms with Crippen LogP contribution in [0.1, 0.15) is 49.7 Å². The van der Waals surface area contributed by atoms with Gasteiger partial charge >= 0.3 is 0 Å². The molecule has 2 aromatic rings. The number of imidazole rings is 1. The summed E-state index contributed by atoms with van der Waals surface area (Å²) in [6.07, 6.45) is 9.49. The van der Waals surface area contributed by atoms with Gasteiger partial charge in [-0.1, -0.05) is 50.1 Å². The van der Waals surface area contributed by atoms with E-state index in [2.05, 4.69) is 59.9 Å². The van der Waals surface area contributed by atoms with E-state index in [0.717, 1.165) is 25.2 Å². The Morgan fingerprint density at radius 2 is 1.80 bits per heavy atom. The van der Waals surface area contributed by atoms with Gasteiger partial charge < -0.3 is 4.57 Å². The molecule has 0 amide bonds. The molecule has 0 bridgehead atoms. The van der Waals surface area contributed by atoms with Crippen molar-refractivity contribution >= 4 is 0 Å². The lowest BCUT2D eigenvalue weighted by molar-refractivity contribution is 0.590. The average molecular weight is 270 g/mol. The highest BCUT2D eigenvalue weighted by atomic mass is 15.1. The van der Waals surface area contributed by atoms with Gasteiger partial charge in [0.25, 0.3) is 0 Å². The van der Waals surface area contributed by atoms with Gasteiger partial charge in [-0.05, 0) is 38.2 Å². The lowest BCUT2D eigenvalue weighted by Crippen LogP contribution is -1.98. The maximum absolute atomic E-state index is 4.68. The summed E-state index contributed by atoms with van der Waals surface area (Å²) in [7, 11) is 0. The highest BCUT2D eigenvalue weighted by Gasteiger charge is 2.04. The first kappa shape index (κ1) is 14.8. The highest BCUT2D eigenvalue weighted by Crippen LogP contribution is 2.10. The lowest BCUT2D eigenvalue weighted by atomic mass is 10.1. The number of hydrogen-bond donors (Lipinski definition) is 0. The van der Waals surface area contributed by atoms with E-state index < -0.39 is 0 Å². The zero-order valence-electron chi connectivity index (χ0n) is 12.8. The molecular formula is C18H26N2. The molecule has 20 heavy (non-hydrogen) atoms. The molecule has 1 heterocycles. The number of unbranched alkanes of at least 4 members (excludes halogenated alkanes) is 2. The van der Waals surface area contributed by atoms with Gasteiger partial charge in [-0.25, -0.2) is 4.98 Å². The predicted molar refractivity (Wildman–Crippen MR) is 85.0 cm³/mol. The van der Waals surface area contributed by atoms with Crippen molar-refractivity contribution in [2.45, 2.75) is 58.9 Å².